The SMILES string of the molecule is CCCOC1CCCN(S(=O)(=O)c2cc(OC)c(C)cc2C)C1. The van der Waals surface area contributed by atoms with Crippen molar-refractivity contribution in [2.24, 2.45) is 0 Å². The molecule has 1 fully saturated rings. The zero-order valence-electron chi connectivity index (χ0n) is 14.5. The van der Waals surface area contributed by atoms with Crippen LogP contribution >= 0.6 is 0 Å². The minimum Gasteiger partial charge on any atom is -0.496 e. The fourth-order valence-corrected chi connectivity index (χ4v) is 4.73. The molecule has 1 aromatic carbocycles. The number of nitrogens with zero attached hydrogens (tertiary/aromatic N) is 1. The fourth-order valence-electron chi connectivity index (χ4n) is 2.99. The second-order valence-electron chi connectivity index (χ2n) is 6.09. The van der Waals surface area contributed by atoms with Gasteiger partial charge in [-0.15, -0.1) is 0 Å². The van der Waals surface area contributed by atoms with Crippen molar-refractivity contribution in [3.63, 3.8) is 0 Å². The molecule has 0 spiro atoms. The number of hydrogen-bond acceptors (Lipinski definition) is 4. The standard InChI is InChI=1S/C17H27NO4S/c1-5-9-22-15-7-6-8-18(12-15)23(19,20)17-11-16(21-4)13(2)10-14(17)3/h10-11,15H,5-9,12H2,1-4H3. The van der Waals surface area contributed by atoms with Crippen LogP contribution in [0.25, 0.3) is 0 Å². The van der Waals surface area contributed by atoms with Gasteiger partial charge in [0.15, 0.2) is 0 Å². The second-order valence-corrected chi connectivity index (χ2v) is 7.99. The molecule has 0 saturated carbocycles. The highest BCUT2D eigenvalue weighted by Gasteiger charge is 2.32. The smallest absolute Gasteiger partial charge is 0.243 e. The van der Waals surface area contributed by atoms with Gasteiger partial charge in [-0.1, -0.05) is 13.0 Å². The maximum absolute atomic E-state index is 13.0. The summed E-state index contributed by atoms with van der Waals surface area (Å²) in [6.07, 6.45) is 2.68. The van der Waals surface area contributed by atoms with Crippen LogP contribution in [-0.4, -0.2) is 45.6 Å². The predicted molar refractivity (Wildman–Crippen MR) is 90.5 cm³/mol. The zero-order chi connectivity index (χ0) is 17.0. The number of ether oxygens (including phenoxy) is 2. The molecule has 0 aromatic heterocycles. The van der Waals surface area contributed by atoms with E-state index < -0.39 is 10.0 Å². The number of aryl methyl sites for hydroxylation is 2. The van der Waals surface area contributed by atoms with Crippen LogP contribution < -0.4 is 4.74 Å². The van der Waals surface area contributed by atoms with Gasteiger partial charge in [-0.05, 0) is 44.2 Å². The molecule has 1 heterocycles. The van der Waals surface area contributed by atoms with Crippen molar-refractivity contribution < 1.29 is 17.9 Å². The predicted octanol–water partition coefficient (Wildman–Crippen LogP) is 2.89. The summed E-state index contributed by atoms with van der Waals surface area (Å²) >= 11 is 0. The van der Waals surface area contributed by atoms with Gasteiger partial charge in [-0.3, -0.25) is 0 Å². The number of methoxy groups -OCH3 is 1. The van der Waals surface area contributed by atoms with E-state index in [1.807, 2.05) is 19.9 Å². The molecule has 0 amide bonds. The number of piperidine rings is 1. The Bertz CT molecular complexity index is 642. The summed E-state index contributed by atoms with van der Waals surface area (Å²) in [7, 11) is -1.97. The van der Waals surface area contributed by atoms with E-state index in [9.17, 15) is 8.42 Å². The van der Waals surface area contributed by atoms with Gasteiger partial charge >= 0.3 is 0 Å². The first-order chi connectivity index (χ1) is 10.9. The minimum absolute atomic E-state index is 0.00822. The summed E-state index contributed by atoms with van der Waals surface area (Å²) in [5, 5.41) is 0. The molecule has 6 heteroatoms. The van der Waals surface area contributed by atoms with Crippen LogP contribution in [0.15, 0.2) is 17.0 Å². The van der Waals surface area contributed by atoms with Gasteiger partial charge in [-0.25, -0.2) is 8.42 Å². The molecular weight excluding hydrogens is 314 g/mol. The van der Waals surface area contributed by atoms with Crippen LogP contribution in [0.3, 0.4) is 0 Å². The molecule has 1 unspecified atom stereocenters. The first-order valence-corrected chi connectivity index (χ1v) is 9.61. The van der Waals surface area contributed by atoms with Gasteiger partial charge in [-0.2, -0.15) is 4.31 Å². The lowest BCUT2D eigenvalue weighted by molar-refractivity contribution is 0.0193. The Balaban J connectivity index is 2.27. The third-order valence-electron chi connectivity index (χ3n) is 4.21. The van der Waals surface area contributed by atoms with Crippen molar-refractivity contribution in [2.75, 3.05) is 26.8 Å². The van der Waals surface area contributed by atoms with Crippen LogP contribution in [0.4, 0.5) is 0 Å². The van der Waals surface area contributed by atoms with Crippen molar-refractivity contribution in [3.8, 4) is 5.75 Å². The van der Waals surface area contributed by atoms with Gasteiger partial charge in [0.05, 0.1) is 18.1 Å². The van der Waals surface area contributed by atoms with Crippen molar-refractivity contribution in [3.05, 3.63) is 23.3 Å². The highest BCUT2D eigenvalue weighted by atomic mass is 32.2. The van der Waals surface area contributed by atoms with Crippen molar-refractivity contribution in [1.82, 2.24) is 4.31 Å². The third kappa shape index (κ3) is 4.05. The fraction of sp³-hybridized carbons (Fsp3) is 0.647. The topological polar surface area (TPSA) is 55.8 Å². The van der Waals surface area contributed by atoms with E-state index in [1.54, 1.807) is 17.5 Å². The van der Waals surface area contributed by atoms with Crippen molar-refractivity contribution >= 4 is 10.0 Å². The quantitative estimate of drug-likeness (QED) is 0.798. The molecular formula is C17H27NO4S. The van der Waals surface area contributed by atoms with Crippen molar-refractivity contribution in [1.29, 1.82) is 0 Å². The Hall–Kier alpha value is -1.11. The molecule has 2 rings (SSSR count). The molecule has 23 heavy (non-hydrogen) atoms. The van der Waals surface area contributed by atoms with Gasteiger partial charge in [0.2, 0.25) is 10.0 Å². The van der Waals surface area contributed by atoms with Crippen LogP contribution in [0.1, 0.15) is 37.3 Å². The summed E-state index contributed by atoms with van der Waals surface area (Å²) in [5.41, 5.74) is 1.69. The van der Waals surface area contributed by atoms with Crippen LogP contribution in [-0.2, 0) is 14.8 Å². The first-order valence-electron chi connectivity index (χ1n) is 8.17. The minimum atomic E-state index is -3.53. The molecule has 5 nitrogen and oxygen atoms in total. The van der Waals surface area contributed by atoms with E-state index in [4.69, 9.17) is 9.47 Å². The van der Waals surface area contributed by atoms with E-state index in [1.165, 1.54) is 0 Å². The van der Waals surface area contributed by atoms with Crippen LogP contribution in [0.2, 0.25) is 0 Å². The Morgan fingerprint density at radius 1 is 1.26 bits per heavy atom. The Morgan fingerprint density at radius 2 is 2.00 bits per heavy atom. The molecule has 130 valence electrons. The number of hydrogen-bond donors (Lipinski definition) is 0. The van der Waals surface area contributed by atoms with Gasteiger partial charge < -0.3 is 9.47 Å². The second kappa shape index (κ2) is 7.64. The van der Waals surface area contributed by atoms with Gasteiger partial charge in [0.25, 0.3) is 0 Å². The van der Waals surface area contributed by atoms with Crippen LogP contribution in [0, 0.1) is 13.8 Å². The molecule has 1 saturated heterocycles. The summed E-state index contributed by atoms with van der Waals surface area (Å²) in [6.45, 7) is 7.45. The van der Waals surface area contributed by atoms with E-state index in [-0.39, 0.29) is 6.10 Å². The monoisotopic (exact) mass is 341 g/mol. The molecule has 1 atom stereocenters. The third-order valence-corrected chi connectivity index (χ3v) is 6.22. The number of sulfonamides is 1. The van der Waals surface area contributed by atoms with Crippen LogP contribution in [0.5, 0.6) is 5.75 Å². The Morgan fingerprint density at radius 3 is 2.65 bits per heavy atom. The largest absolute Gasteiger partial charge is 0.496 e. The lowest BCUT2D eigenvalue weighted by atomic mass is 10.1. The lowest BCUT2D eigenvalue weighted by Gasteiger charge is -2.32. The molecule has 1 aliphatic rings. The summed E-state index contributed by atoms with van der Waals surface area (Å²) in [4.78, 5) is 0.330. The Kier molecular flexibility index (Phi) is 6.06. The molecule has 1 aromatic rings. The average molecular weight is 341 g/mol. The first kappa shape index (κ1) is 18.2. The zero-order valence-corrected chi connectivity index (χ0v) is 15.3. The molecule has 0 N–H and O–H groups in total. The van der Waals surface area contributed by atoms with Gasteiger partial charge in [0.1, 0.15) is 5.75 Å². The van der Waals surface area contributed by atoms with Crippen molar-refractivity contribution in [2.45, 2.75) is 51.0 Å². The van der Waals surface area contributed by atoms with E-state index in [2.05, 4.69) is 6.92 Å². The number of benzene rings is 1. The Labute approximate surface area is 139 Å². The highest BCUT2D eigenvalue weighted by Crippen LogP contribution is 2.29. The summed E-state index contributed by atoms with van der Waals surface area (Å²) in [5.74, 6) is 0.602. The van der Waals surface area contributed by atoms with E-state index in [0.29, 0.717) is 30.3 Å². The average Bonchev–Trinajstić information content (AvgIpc) is 2.53. The van der Waals surface area contributed by atoms with Gasteiger partial charge in [0, 0.05) is 25.8 Å². The molecule has 0 radical (unpaired) electrons. The maximum atomic E-state index is 13.0. The normalized spacial score (nSPS) is 19.7. The highest BCUT2D eigenvalue weighted by molar-refractivity contribution is 7.89. The summed E-state index contributed by atoms with van der Waals surface area (Å²) < 4.78 is 38.6. The lowest BCUT2D eigenvalue weighted by Crippen LogP contribution is -2.43. The molecule has 0 aliphatic carbocycles. The summed E-state index contributed by atoms with van der Waals surface area (Å²) in [6, 6.07) is 3.50. The number of rotatable bonds is 6. The molecule has 0 bridgehead atoms. The molecule has 1 aliphatic heterocycles. The maximum Gasteiger partial charge on any atom is 0.243 e. The van der Waals surface area contributed by atoms with E-state index >= 15 is 0 Å². The van der Waals surface area contributed by atoms with E-state index in [0.717, 1.165) is 30.4 Å².